The predicted molar refractivity (Wildman–Crippen MR) is 109 cm³/mol. The van der Waals surface area contributed by atoms with E-state index in [0.29, 0.717) is 19.0 Å². The maximum Gasteiger partial charge on any atom is 0.241 e. The molecule has 0 aromatic heterocycles. The Morgan fingerprint density at radius 1 is 1.11 bits per heavy atom. The zero-order valence-electron chi connectivity index (χ0n) is 16.5. The van der Waals surface area contributed by atoms with Gasteiger partial charge in [0.2, 0.25) is 5.91 Å². The van der Waals surface area contributed by atoms with Crippen LogP contribution in [-0.2, 0) is 17.9 Å². The van der Waals surface area contributed by atoms with Crippen molar-refractivity contribution in [1.82, 2.24) is 15.5 Å². The second-order valence-corrected chi connectivity index (χ2v) is 6.46. The van der Waals surface area contributed by atoms with E-state index in [1.54, 1.807) is 26.1 Å². The fourth-order valence-electron chi connectivity index (χ4n) is 2.42. The summed E-state index contributed by atoms with van der Waals surface area (Å²) in [6.07, 6.45) is 0. The number of likely N-dealkylation sites (N-methyl/N-ethyl adjacent to an activating group) is 1. The number of rotatable bonds is 7. The maximum absolute atomic E-state index is 11.9. The van der Waals surface area contributed by atoms with E-state index < -0.39 is 0 Å². The van der Waals surface area contributed by atoms with Crippen LogP contribution in [0.4, 0.5) is 0 Å². The second-order valence-electron chi connectivity index (χ2n) is 6.46. The molecule has 0 heterocycles. The molecule has 1 amide bonds. The highest BCUT2D eigenvalue weighted by Gasteiger charge is 2.08. The number of aryl methyl sites for hydroxylation is 1. The van der Waals surface area contributed by atoms with Crippen molar-refractivity contribution in [1.29, 1.82) is 0 Å². The highest BCUT2D eigenvalue weighted by atomic mass is 16.5. The van der Waals surface area contributed by atoms with Gasteiger partial charge in [0.25, 0.3) is 0 Å². The fraction of sp³-hybridized carbons (Fsp3) is 0.333. The molecule has 0 spiro atoms. The van der Waals surface area contributed by atoms with Crippen LogP contribution in [0.15, 0.2) is 53.5 Å². The molecule has 6 heteroatoms. The number of amides is 1. The van der Waals surface area contributed by atoms with Gasteiger partial charge in [-0.2, -0.15) is 0 Å². The number of nitrogens with zero attached hydrogens (tertiary/aromatic N) is 2. The van der Waals surface area contributed by atoms with Crippen molar-refractivity contribution in [2.75, 3.05) is 27.7 Å². The molecule has 2 rings (SSSR count). The third-order valence-corrected chi connectivity index (χ3v) is 4.06. The van der Waals surface area contributed by atoms with E-state index >= 15 is 0 Å². The highest BCUT2D eigenvalue weighted by molar-refractivity contribution is 5.86. The first-order valence-electron chi connectivity index (χ1n) is 8.89. The van der Waals surface area contributed by atoms with Gasteiger partial charge in [-0.1, -0.05) is 42.5 Å². The molecule has 0 radical (unpaired) electrons. The molecule has 0 bridgehead atoms. The summed E-state index contributed by atoms with van der Waals surface area (Å²) in [5, 5.41) is 6.38. The molecule has 2 aromatic rings. The molecule has 0 fully saturated rings. The van der Waals surface area contributed by atoms with Gasteiger partial charge >= 0.3 is 0 Å². The number of methoxy groups -OCH3 is 1. The first kappa shape index (κ1) is 20.3. The molecule has 0 aliphatic heterocycles. The molecule has 6 nitrogen and oxygen atoms in total. The predicted octanol–water partition coefficient (Wildman–Crippen LogP) is 2.33. The first-order chi connectivity index (χ1) is 13.0. The van der Waals surface area contributed by atoms with Gasteiger partial charge in [0.15, 0.2) is 5.96 Å². The molecule has 0 aliphatic carbocycles. The number of nitrogens with one attached hydrogen (secondary N) is 2. The Morgan fingerprint density at radius 3 is 2.52 bits per heavy atom. The number of aliphatic imine (C=N–C) groups is 1. The van der Waals surface area contributed by atoms with Crippen LogP contribution in [0.1, 0.15) is 16.7 Å². The van der Waals surface area contributed by atoms with E-state index in [2.05, 4.69) is 15.6 Å². The molecule has 0 aliphatic rings. The largest absolute Gasteiger partial charge is 0.496 e. The first-order valence-corrected chi connectivity index (χ1v) is 8.89. The lowest BCUT2D eigenvalue weighted by Gasteiger charge is -2.16. The smallest absolute Gasteiger partial charge is 0.241 e. The van der Waals surface area contributed by atoms with Crippen molar-refractivity contribution in [3.63, 3.8) is 0 Å². The fourth-order valence-corrected chi connectivity index (χ4v) is 2.42. The van der Waals surface area contributed by atoms with Crippen LogP contribution in [0.5, 0.6) is 5.75 Å². The number of benzene rings is 2. The zero-order valence-corrected chi connectivity index (χ0v) is 16.5. The standard InChI is InChI=1S/C21H28N4O2/c1-16-10-11-18(19(12-16)27-4)14-23-21(24-15-20(26)25(2)3)22-13-17-8-6-5-7-9-17/h5-12H,13-15H2,1-4H3,(H2,22,23,24). The summed E-state index contributed by atoms with van der Waals surface area (Å²) in [6, 6.07) is 16.1. The highest BCUT2D eigenvalue weighted by Crippen LogP contribution is 2.19. The zero-order chi connectivity index (χ0) is 19.6. The summed E-state index contributed by atoms with van der Waals surface area (Å²) < 4.78 is 5.46. The molecule has 27 heavy (non-hydrogen) atoms. The third kappa shape index (κ3) is 6.66. The van der Waals surface area contributed by atoms with Gasteiger partial charge < -0.3 is 20.3 Å². The van der Waals surface area contributed by atoms with E-state index in [1.165, 1.54) is 0 Å². The summed E-state index contributed by atoms with van der Waals surface area (Å²) in [7, 11) is 5.13. The van der Waals surface area contributed by atoms with Crippen molar-refractivity contribution in [3.8, 4) is 5.75 Å². The quantitative estimate of drug-likeness (QED) is 0.581. The summed E-state index contributed by atoms with van der Waals surface area (Å²) in [5.41, 5.74) is 3.27. The lowest BCUT2D eigenvalue weighted by atomic mass is 10.1. The van der Waals surface area contributed by atoms with E-state index in [0.717, 1.165) is 22.4 Å². The van der Waals surface area contributed by atoms with E-state index in [-0.39, 0.29) is 12.5 Å². The molecule has 0 unspecified atom stereocenters. The van der Waals surface area contributed by atoms with Crippen molar-refractivity contribution >= 4 is 11.9 Å². The van der Waals surface area contributed by atoms with Gasteiger partial charge in [-0.15, -0.1) is 0 Å². The lowest BCUT2D eigenvalue weighted by molar-refractivity contribution is -0.127. The Kier molecular flexibility index (Phi) is 7.67. The van der Waals surface area contributed by atoms with Gasteiger partial charge in [-0.05, 0) is 24.1 Å². The van der Waals surface area contributed by atoms with E-state index in [4.69, 9.17) is 4.74 Å². The molecule has 2 aromatic carbocycles. The normalized spacial score (nSPS) is 11.0. The molecule has 0 saturated carbocycles. The Balaban J connectivity index is 2.07. The summed E-state index contributed by atoms with van der Waals surface area (Å²) in [4.78, 5) is 18.0. The van der Waals surface area contributed by atoms with Crippen molar-refractivity contribution < 1.29 is 9.53 Å². The maximum atomic E-state index is 11.9. The SMILES string of the molecule is COc1cc(C)ccc1CNC(=NCc1ccccc1)NCC(=O)N(C)C. The summed E-state index contributed by atoms with van der Waals surface area (Å²) >= 11 is 0. The number of ether oxygens (including phenoxy) is 1. The number of hydrogen-bond acceptors (Lipinski definition) is 3. The van der Waals surface area contributed by atoms with Crippen LogP contribution < -0.4 is 15.4 Å². The number of hydrogen-bond donors (Lipinski definition) is 2. The van der Waals surface area contributed by atoms with Gasteiger partial charge in [0, 0.05) is 26.2 Å². The Labute approximate surface area is 161 Å². The summed E-state index contributed by atoms with van der Waals surface area (Å²) in [6.45, 7) is 3.27. The van der Waals surface area contributed by atoms with Crippen LogP contribution >= 0.6 is 0 Å². The van der Waals surface area contributed by atoms with Crippen LogP contribution in [-0.4, -0.2) is 44.5 Å². The van der Waals surface area contributed by atoms with Gasteiger partial charge in [0.05, 0.1) is 20.2 Å². The van der Waals surface area contributed by atoms with E-state index in [1.807, 2.05) is 55.5 Å². The molecule has 0 saturated heterocycles. The minimum absolute atomic E-state index is 0.0165. The molecular weight excluding hydrogens is 340 g/mol. The molecule has 144 valence electrons. The minimum atomic E-state index is -0.0165. The number of guanidine groups is 1. The topological polar surface area (TPSA) is 66.0 Å². The van der Waals surface area contributed by atoms with E-state index in [9.17, 15) is 4.79 Å². The van der Waals surface area contributed by atoms with Crippen molar-refractivity contribution in [3.05, 3.63) is 65.2 Å². The Bertz CT molecular complexity index is 773. The van der Waals surface area contributed by atoms with Gasteiger partial charge in [-0.3, -0.25) is 4.79 Å². The minimum Gasteiger partial charge on any atom is -0.496 e. The van der Waals surface area contributed by atoms with Gasteiger partial charge in [-0.25, -0.2) is 4.99 Å². The van der Waals surface area contributed by atoms with Crippen LogP contribution in [0.3, 0.4) is 0 Å². The monoisotopic (exact) mass is 368 g/mol. The average Bonchev–Trinajstić information content (AvgIpc) is 2.68. The molecular formula is C21H28N4O2. The average molecular weight is 368 g/mol. The summed E-state index contributed by atoms with van der Waals surface area (Å²) in [5.74, 6) is 1.39. The number of carbonyl (C=O) groups is 1. The number of carbonyl (C=O) groups excluding carboxylic acids is 1. The van der Waals surface area contributed by atoms with Crippen LogP contribution in [0.2, 0.25) is 0 Å². The Morgan fingerprint density at radius 2 is 1.85 bits per heavy atom. The van der Waals surface area contributed by atoms with Crippen LogP contribution in [0.25, 0.3) is 0 Å². The second kappa shape index (κ2) is 10.2. The van der Waals surface area contributed by atoms with Crippen molar-refractivity contribution in [2.24, 2.45) is 4.99 Å². The van der Waals surface area contributed by atoms with Crippen LogP contribution in [0, 0.1) is 6.92 Å². The van der Waals surface area contributed by atoms with Crippen molar-refractivity contribution in [2.45, 2.75) is 20.0 Å². The Hall–Kier alpha value is -3.02. The molecule has 2 N–H and O–H groups in total. The molecule has 0 atom stereocenters. The third-order valence-electron chi connectivity index (χ3n) is 4.06. The lowest BCUT2D eigenvalue weighted by Crippen LogP contribution is -2.42. The van der Waals surface area contributed by atoms with Gasteiger partial charge in [0.1, 0.15) is 5.75 Å².